The molecule has 2 fully saturated rings. The molecule has 6 nitrogen and oxygen atoms in total. The molecule has 2 aromatic rings. The molecule has 2 aliphatic rings. The molecular weight excluding hydrogens is 300 g/mol. The lowest BCUT2D eigenvalue weighted by Gasteiger charge is -2.23. The predicted molar refractivity (Wildman–Crippen MR) is 94.3 cm³/mol. The van der Waals surface area contributed by atoms with E-state index in [4.69, 9.17) is 0 Å². The molecule has 0 radical (unpaired) electrons. The molecule has 0 N–H and O–H groups in total. The molecule has 0 aliphatic carbocycles. The molecule has 0 amide bonds. The number of rotatable bonds is 3. The highest BCUT2D eigenvalue weighted by Gasteiger charge is 2.41. The Bertz CT molecular complexity index is 717. The van der Waals surface area contributed by atoms with Crippen LogP contribution in [-0.2, 0) is 0 Å². The molecule has 2 unspecified atom stereocenters. The van der Waals surface area contributed by atoms with Crippen molar-refractivity contribution >= 4 is 11.8 Å². The third kappa shape index (κ3) is 2.81. The Hall–Kier alpha value is -2.24. The molecular formula is C18H24N6. The second kappa shape index (κ2) is 6.00. The van der Waals surface area contributed by atoms with Crippen molar-refractivity contribution in [3.63, 3.8) is 0 Å². The van der Waals surface area contributed by atoms with Crippen molar-refractivity contribution in [2.45, 2.75) is 26.7 Å². The van der Waals surface area contributed by atoms with Crippen molar-refractivity contribution in [3.05, 3.63) is 36.0 Å². The second-order valence-corrected chi connectivity index (χ2v) is 7.28. The second-order valence-electron chi connectivity index (χ2n) is 7.28. The van der Waals surface area contributed by atoms with Gasteiger partial charge in [-0.1, -0.05) is 13.8 Å². The van der Waals surface area contributed by atoms with Gasteiger partial charge in [-0.25, -0.2) is 19.9 Å². The molecule has 4 rings (SSSR count). The Labute approximate surface area is 143 Å². The van der Waals surface area contributed by atoms with Crippen molar-refractivity contribution in [2.75, 3.05) is 36.0 Å². The Balaban J connectivity index is 1.45. The first-order valence-electron chi connectivity index (χ1n) is 8.71. The minimum Gasteiger partial charge on any atom is -0.356 e. The van der Waals surface area contributed by atoms with Crippen LogP contribution < -0.4 is 9.80 Å². The summed E-state index contributed by atoms with van der Waals surface area (Å²) in [6.45, 7) is 10.5. The van der Waals surface area contributed by atoms with E-state index in [1.54, 1.807) is 6.33 Å². The van der Waals surface area contributed by atoms with Gasteiger partial charge in [0.05, 0.1) is 0 Å². The quantitative estimate of drug-likeness (QED) is 0.863. The number of nitrogens with zero attached hydrogens (tertiary/aromatic N) is 6. The van der Waals surface area contributed by atoms with Crippen LogP contribution in [0.1, 0.15) is 31.2 Å². The maximum Gasteiger partial charge on any atom is 0.225 e. The number of aromatic nitrogens is 4. The molecule has 6 heteroatoms. The largest absolute Gasteiger partial charge is 0.356 e. The first kappa shape index (κ1) is 15.3. The Morgan fingerprint density at radius 2 is 1.71 bits per heavy atom. The van der Waals surface area contributed by atoms with Crippen molar-refractivity contribution < 1.29 is 0 Å². The van der Waals surface area contributed by atoms with Gasteiger partial charge in [-0.15, -0.1) is 0 Å². The third-order valence-electron chi connectivity index (χ3n) is 5.14. The van der Waals surface area contributed by atoms with Gasteiger partial charge < -0.3 is 9.80 Å². The van der Waals surface area contributed by atoms with Crippen LogP contribution in [-0.4, -0.2) is 46.1 Å². The first-order chi connectivity index (χ1) is 11.6. The van der Waals surface area contributed by atoms with Gasteiger partial charge in [-0.3, -0.25) is 0 Å². The Morgan fingerprint density at radius 1 is 1.00 bits per heavy atom. The maximum absolute atomic E-state index is 4.57. The smallest absolute Gasteiger partial charge is 0.225 e. The zero-order chi connectivity index (χ0) is 16.7. The summed E-state index contributed by atoms with van der Waals surface area (Å²) in [4.78, 5) is 22.6. The van der Waals surface area contributed by atoms with Gasteiger partial charge in [-0.2, -0.15) is 0 Å². The van der Waals surface area contributed by atoms with E-state index < -0.39 is 0 Å². The Morgan fingerprint density at radius 3 is 2.38 bits per heavy atom. The van der Waals surface area contributed by atoms with Gasteiger partial charge in [0.15, 0.2) is 0 Å². The SMILES string of the molecule is Cc1ccnc(N2CC3CN(c4cc(C(C)C)ncn4)CC3C2)n1. The fourth-order valence-electron chi connectivity index (χ4n) is 3.78. The zero-order valence-corrected chi connectivity index (χ0v) is 14.6. The molecule has 4 heterocycles. The highest BCUT2D eigenvalue weighted by molar-refractivity contribution is 5.43. The molecule has 0 aromatic carbocycles. The van der Waals surface area contributed by atoms with E-state index in [1.165, 1.54) is 0 Å². The van der Waals surface area contributed by atoms with Gasteiger partial charge >= 0.3 is 0 Å². The fraction of sp³-hybridized carbons (Fsp3) is 0.556. The van der Waals surface area contributed by atoms with Gasteiger partial charge in [0.2, 0.25) is 5.95 Å². The van der Waals surface area contributed by atoms with Crippen molar-refractivity contribution in [2.24, 2.45) is 11.8 Å². The fourth-order valence-corrected chi connectivity index (χ4v) is 3.78. The normalized spacial score (nSPS) is 23.2. The summed E-state index contributed by atoms with van der Waals surface area (Å²) in [7, 11) is 0. The lowest BCUT2D eigenvalue weighted by molar-refractivity contribution is 0.533. The summed E-state index contributed by atoms with van der Waals surface area (Å²) >= 11 is 0. The van der Waals surface area contributed by atoms with E-state index in [9.17, 15) is 0 Å². The number of anilines is 2. The summed E-state index contributed by atoms with van der Waals surface area (Å²) in [5.74, 6) is 3.70. The van der Waals surface area contributed by atoms with E-state index in [0.29, 0.717) is 17.8 Å². The first-order valence-corrected chi connectivity index (χ1v) is 8.71. The maximum atomic E-state index is 4.57. The van der Waals surface area contributed by atoms with E-state index in [1.807, 2.05) is 19.2 Å². The van der Waals surface area contributed by atoms with Gasteiger partial charge in [0.25, 0.3) is 0 Å². The molecule has 24 heavy (non-hydrogen) atoms. The monoisotopic (exact) mass is 324 g/mol. The van der Waals surface area contributed by atoms with Gasteiger partial charge in [0, 0.05) is 61.7 Å². The van der Waals surface area contributed by atoms with E-state index in [0.717, 1.165) is 49.3 Å². The molecule has 2 atom stereocenters. The van der Waals surface area contributed by atoms with Crippen molar-refractivity contribution in [1.82, 2.24) is 19.9 Å². The van der Waals surface area contributed by atoms with Crippen LogP contribution in [0.3, 0.4) is 0 Å². The summed E-state index contributed by atoms with van der Waals surface area (Å²) in [6.07, 6.45) is 3.55. The van der Waals surface area contributed by atoms with Crippen LogP contribution in [0.5, 0.6) is 0 Å². The summed E-state index contributed by atoms with van der Waals surface area (Å²) in [6, 6.07) is 4.09. The Kier molecular flexibility index (Phi) is 3.82. The van der Waals surface area contributed by atoms with Crippen molar-refractivity contribution in [3.8, 4) is 0 Å². The molecule has 126 valence electrons. The van der Waals surface area contributed by atoms with Crippen LogP contribution in [0, 0.1) is 18.8 Å². The van der Waals surface area contributed by atoms with Crippen molar-refractivity contribution in [1.29, 1.82) is 0 Å². The van der Waals surface area contributed by atoms with E-state index in [2.05, 4.69) is 49.6 Å². The minimum absolute atomic E-state index is 0.433. The highest BCUT2D eigenvalue weighted by atomic mass is 15.3. The summed E-state index contributed by atoms with van der Waals surface area (Å²) in [5.41, 5.74) is 2.15. The number of hydrogen-bond acceptors (Lipinski definition) is 6. The summed E-state index contributed by atoms with van der Waals surface area (Å²) < 4.78 is 0. The van der Waals surface area contributed by atoms with Crippen LogP contribution in [0.4, 0.5) is 11.8 Å². The highest BCUT2D eigenvalue weighted by Crippen LogP contribution is 2.34. The van der Waals surface area contributed by atoms with E-state index in [-0.39, 0.29) is 0 Å². The van der Waals surface area contributed by atoms with Crippen LogP contribution >= 0.6 is 0 Å². The van der Waals surface area contributed by atoms with E-state index >= 15 is 0 Å². The average Bonchev–Trinajstić information content (AvgIpc) is 3.14. The van der Waals surface area contributed by atoms with Gasteiger partial charge in [0.1, 0.15) is 12.1 Å². The molecule has 2 saturated heterocycles. The predicted octanol–water partition coefficient (Wildman–Crippen LogP) is 2.27. The zero-order valence-electron chi connectivity index (χ0n) is 14.6. The molecule has 2 aliphatic heterocycles. The molecule has 2 aromatic heterocycles. The third-order valence-corrected chi connectivity index (χ3v) is 5.14. The summed E-state index contributed by atoms with van der Waals surface area (Å²) in [5, 5.41) is 0. The van der Waals surface area contributed by atoms with Crippen LogP contribution in [0.15, 0.2) is 24.7 Å². The number of fused-ring (bicyclic) bond motifs is 1. The minimum atomic E-state index is 0.433. The molecule has 0 saturated carbocycles. The van der Waals surface area contributed by atoms with Gasteiger partial charge in [-0.05, 0) is 18.9 Å². The van der Waals surface area contributed by atoms with Crippen LogP contribution in [0.25, 0.3) is 0 Å². The topological polar surface area (TPSA) is 58.0 Å². The lowest BCUT2D eigenvalue weighted by atomic mass is 10.0. The number of hydrogen-bond donors (Lipinski definition) is 0. The van der Waals surface area contributed by atoms with Crippen LogP contribution in [0.2, 0.25) is 0 Å². The lowest BCUT2D eigenvalue weighted by Crippen LogP contribution is -2.30. The standard InChI is InChI=1S/C18H24N6/c1-12(2)16-6-17(21-11-20-16)23-7-14-9-24(10-15(14)8-23)18-19-5-4-13(3)22-18/h4-6,11-12,14-15H,7-10H2,1-3H3. The number of aryl methyl sites for hydroxylation is 1. The molecule has 0 bridgehead atoms. The molecule has 0 spiro atoms. The average molecular weight is 324 g/mol.